The molecule has 0 N–H and O–H groups in total. The molecule has 7 nitrogen and oxygen atoms in total. The van der Waals surface area contributed by atoms with Gasteiger partial charge in [0.25, 0.3) is 0 Å². The lowest BCUT2D eigenvalue weighted by Crippen LogP contribution is -2.57. The van der Waals surface area contributed by atoms with E-state index in [1.165, 1.54) is 12.4 Å². The first-order valence-electron chi connectivity index (χ1n) is 18.4. The summed E-state index contributed by atoms with van der Waals surface area (Å²) in [6.45, 7) is 7.35. The molecule has 2 saturated carbocycles. The van der Waals surface area contributed by atoms with Crippen molar-refractivity contribution in [1.29, 1.82) is 0 Å². The molecule has 1 saturated heterocycles. The van der Waals surface area contributed by atoms with Crippen molar-refractivity contribution >= 4 is 12.0 Å². The van der Waals surface area contributed by atoms with Crippen LogP contribution in [0.2, 0.25) is 0 Å². The second-order valence-corrected chi connectivity index (χ2v) is 16.0. The number of halogens is 6. The molecule has 3 fully saturated rings. The first-order valence-corrected chi connectivity index (χ1v) is 18.4. The first-order chi connectivity index (χ1) is 25.9. The summed E-state index contributed by atoms with van der Waals surface area (Å²) in [5.41, 5.74) is 2.92. The molecule has 3 unspecified atom stereocenters. The molecular formula is C42H42F6N4O3. The Hall–Kier alpha value is -4.99. The number of carbonyl (C=O) groups excluding carboxylic acids is 1. The Bertz CT molecular complexity index is 2030. The zero-order valence-electron chi connectivity index (χ0n) is 31.0. The normalized spacial score (nSPS) is 25.6. The average molecular weight is 765 g/mol. The van der Waals surface area contributed by atoms with Crippen molar-refractivity contribution in [1.82, 2.24) is 14.9 Å². The predicted octanol–water partition coefficient (Wildman–Crippen LogP) is 10.2. The van der Waals surface area contributed by atoms with E-state index in [-0.39, 0.29) is 48.7 Å². The molecule has 5 atom stereocenters. The fourth-order valence-corrected chi connectivity index (χ4v) is 8.50. The molecule has 0 radical (unpaired) electrons. The highest BCUT2D eigenvalue weighted by molar-refractivity contribution is 5.72. The Morgan fingerprint density at radius 3 is 2.22 bits per heavy atom. The maximum atomic E-state index is 14.0. The van der Waals surface area contributed by atoms with Gasteiger partial charge in [-0.15, -0.1) is 0 Å². The van der Waals surface area contributed by atoms with Gasteiger partial charge in [0.2, 0.25) is 5.95 Å². The van der Waals surface area contributed by atoms with E-state index in [0.717, 1.165) is 23.3 Å². The SMILES string of the molecule is CC[C@@H]1CC2(CC2N(Cc2cc(C(F)(F)F)cc(C(F)(F)F)c2)c2ncc(OCC3=C=C=CC=C3)cn2)CC2(C[C@H]2c2ccccc2)N1C(=O)OC(C)(C)C. The van der Waals surface area contributed by atoms with Crippen LogP contribution in [0.1, 0.15) is 88.0 Å². The number of nitrogens with zero attached hydrogens (tertiary/aromatic N) is 4. The molecule has 2 heterocycles. The van der Waals surface area contributed by atoms with Gasteiger partial charge < -0.3 is 14.4 Å². The summed E-state index contributed by atoms with van der Waals surface area (Å²) in [5.74, 6) is 0.489. The van der Waals surface area contributed by atoms with E-state index in [1.54, 1.807) is 17.1 Å². The van der Waals surface area contributed by atoms with Gasteiger partial charge in [0.1, 0.15) is 12.2 Å². The molecule has 1 amide bonds. The second kappa shape index (κ2) is 13.9. The number of carbonyl (C=O) groups is 1. The van der Waals surface area contributed by atoms with Crippen LogP contribution in [0.5, 0.6) is 5.75 Å². The van der Waals surface area contributed by atoms with E-state index in [2.05, 4.69) is 21.4 Å². The van der Waals surface area contributed by atoms with Crippen molar-refractivity contribution < 1.29 is 40.6 Å². The minimum absolute atomic E-state index is 0.0205. The maximum absolute atomic E-state index is 14.0. The third kappa shape index (κ3) is 8.05. The Morgan fingerprint density at radius 2 is 1.64 bits per heavy atom. The van der Waals surface area contributed by atoms with Crippen LogP contribution in [0.3, 0.4) is 0 Å². The van der Waals surface area contributed by atoms with E-state index < -0.39 is 46.1 Å². The predicted molar refractivity (Wildman–Crippen MR) is 193 cm³/mol. The van der Waals surface area contributed by atoms with Crippen LogP contribution in [-0.2, 0) is 23.6 Å². The van der Waals surface area contributed by atoms with E-state index in [9.17, 15) is 31.1 Å². The van der Waals surface area contributed by atoms with Crippen LogP contribution in [0.15, 0.2) is 96.2 Å². The third-order valence-corrected chi connectivity index (χ3v) is 11.0. The molecule has 55 heavy (non-hydrogen) atoms. The Labute approximate surface area is 316 Å². The Balaban J connectivity index is 1.25. The summed E-state index contributed by atoms with van der Waals surface area (Å²) < 4.78 is 95.7. The van der Waals surface area contributed by atoms with Crippen LogP contribution in [0.4, 0.5) is 37.1 Å². The second-order valence-electron chi connectivity index (χ2n) is 16.0. The number of anilines is 1. The van der Waals surface area contributed by atoms with Gasteiger partial charge in [0.15, 0.2) is 5.75 Å². The zero-order chi connectivity index (χ0) is 39.4. The molecule has 290 valence electrons. The molecule has 1 aliphatic heterocycles. The number of allylic oxidation sites excluding steroid dienone is 2. The molecular weight excluding hydrogens is 722 g/mol. The van der Waals surface area contributed by atoms with E-state index in [4.69, 9.17) is 9.47 Å². The number of aromatic nitrogens is 2. The molecule has 3 aromatic rings. The largest absolute Gasteiger partial charge is 0.485 e. The molecule has 2 aromatic carbocycles. The number of amides is 1. The van der Waals surface area contributed by atoms with Crippen molar-refractivity contribution in [2.24, 2.45) is 5.41 Å². The summed E-state index contributed by atoms with van der Waals surface area (Å²) in [6, 6.07) is 11.0. The van der Waals surface area contributed by atoms with Crippen molar-refractivity contribution in [3.05, 3.63) is 118 Å². The maximum Gasteiger partial charge on any atom is 0.416 e. The van der Waals surface area contributed by atoms with Gasteiger partial charge in [-0.05, 0) is 99.8 Å². The van der Waals surface area contributed by atoms with E-state index in [0.29, 0.717) is 37.9 Å². The molecule has 13 heteroatoms. The minimum Gasteiger partial charge on any atom is -0.485 e. The van der Waals surface area contributed by atoms with Gasteiger partial charge in [-0.25, -0.2) is 14.8 Å². The summed E-state index contributed by atoms with van der Waals surface area (Å²) in [6.07, 6.45) is 0.850. The van der Waals surface area contributed by atoms with Crippen LogP contribution >= 0.6 is 0 Å². The van der Waals surface area contributed by atoms with Gasteiger partial charge in [-0.3, -0.25) is 4.90 Å². The monoisotopic (exact) mass is 764 g/mol. The molecule has 2 spiro atoms. The van der Waals surface area contributed by atoms with Gasteiger partial charge >= 0.3 is 18.4 Å². The van der Waals surface area contributed by atoms with E-state index >= 15 is 0 Å². The highest BCUT2D eigenvalue weighted by Crippen LogP contribution is 2.71. The van der Waals surface area contributed by atoms with Gasteiger partial charge in [0.05, 0.1) is 29.1 Å². The van der Waals surface area contributed by atoms with Crippen molar-refractivity contribution in [2.45, 2.75) is 108 Å². The molecule has 7 rings (SSSR count). The topological polar surface area (TPSA) is 67.8 Å². The highest BCUT2D eigenvalue weighted by Gasteiger charge is 2.73. The molecule has 1 aromatic heterocycles. The van der Waals surface area contributed by atoms with Crippen LogP contribution in [-0.4, -0.2) is 50.8 Å². The first kappa shape index (κ1) is 38.3. The van der Waals surface area contributed by atoms with Crippen molar-refractivity contribution in [3.8, 4) is 5.75 Å². The van der Waals surface area contributed by atoms with Crippen molar-refractivity contribution in [3.63, 3.8) is 0 Å². The number of likely N-dealkylation sites (tertiary alicyclic amines) is 1. The summed E-state index contributed by atoms with van der Waals surface area (Å²) in [5, 5.41) is 0. The summed E-state index contributed by atoms with van der Waals surface area (Å²) >= 11 is 0. The standard InChI is InChI=1S/C42H42F6N4O3/c1-5-32-19-39(26-40(52(32)37(53)55-38(2,3)4)20-34(40)29-14-10-7-11-15-29)21-35(39)51(24-28-16-30(41(43,44)45)18-31(17-28)42(46,47)48)36-49-22-33(23-50-36)54-25-27-12-8-6-9-13-27/h6-8,10-12,14-18,22-23,32,34-35H,5,19-21,24-26H2,1-4H3/t32-,34+,35?,39?,40?/m1/s1. The number of rotatable bonds is 9. The lowest BCUT2D eigenvalue weighted by Gasteiger charge is -2.48. The number of hydrogen-bond donors (Lipinski definition) is 0. The number of piperidine rings is 1. The summed E-state index contributed by atoms with van der Waals surface area (Å²) in [7, 11) is 0. The third-order valence-electron chi connectivity index (χ3n) is 11.0. The van der Waals surface area contributed by atoms with Gasteiger partial charge in [-0.1, -0.05) is 54.8 Å². The van der Waals surface area contributed by atoms with E-state index in [1.807, 2.05) is 69.0 Å². The smallest absolute Gasteiger partial charge is 0.416 e. The lowest BCUT2D eigenvalue weighted by molar-refractivity contribution is -0.143. The van der Waals surface area contributed by atoms with Crippen molar-refractivity contribution in [2.75, 3.05) is 11.5 Å². The average Bonchev–Trinajstić information content (AvgIpc) is 4.03. The quantitative estimate of drug-likeness (QED) is 0.160. The lowest BCUT2D eigenvalue weighted by atomic mass is 9.78. The fourth-order valence-electron chi connectivity index (χ4n) is 8.50. The number of ether oxygens (including phenoxy) is 2. The Kier molecular flexibility index (Phi) is 9.71. The van der Waals surface area contributed by atoms with Crippen LogP contribution in [0.25, 0.3) is 0 Å². The highest BCUT2D eigenvalue weighted by atomic mass is 19.4. The van der Waals surface area contributed by atoms with Gasteiger partial charge in [0, 0.05) is 30.1 Å². The number of benzene rings is 2. The number of alkyl halides is 6. The van der Waals surface area contributed by atoms with Gasteiger partial charge in [-0.2, -0.15) is 26.3 Å². The fraction of sp³-hybridized carbons (Fsp3) is 0.452. The minimum atomic E-state index is -5.00. The van der Waals surface area contributed by atoms with Crippen LogP contribution in [0, 0.1) is 5.41 Å². The molecule has 3 aliphatic carbocycles. The molecule has 0 bridgehead atoms. The number of hydrogen-bond acceptors (Lipinski definition) is 6. The summed E-state index contributed by atoms with van der Waals surface area (Å²) in [4.78, 5) is 26.7. The zero-order valence-corrected chi connectivity index (χ0v) is 31.0. The van der Waals surface area contributed by atoms with Crippen LogP contribution < -0.4 is 9.64 Å². The molecule has 4 aliphatic rings. The Morgan fingerprint density at radius 1 is 0.964 bits per heavy atom.